The topological polar surface area (TPSA) is 55.2 Å². The second-order valence-corrected chi connectivity index (χ2v) is 4.75. The Morgan fingerprint density at radius 1 is 1.62 bits per heavy atom. The van der Waals surface area contributed by atoms with E-state index in [1.165, 1.54) is 11.8 Å². The van der Waals surface area contributed by atoms with Crippen LogP contribution in [-0.4, -0.2) is 17.7 Å². The average molecular weight is 202 g/mol. The summed E-state index contributed by atoms with van der Waals surface area (Å²) in [5.74, 6) is 0. The van der Waals surface area contributed by atoms with E-state index in [4.69, 9.17) is 0 Å². The Hall–Kier alpha value is -0.710. The molecule has 1 heterocycles. The van der Waals surface area contributed by atoms with Crippen LogP contribution in [0.4, 0.5) is 0 Å². The lowest BCUT2D eigenvalue weighted by molar-refractivity contribution is -0.431. The van der Waals surface area contributed by atoms with Crippen LogP contribution in [0, 0.1) is 15.5 Å². The molecule has 1 aliphatic heterocycles. The van der Waals surface area contributed by atoms with Gasteiger partial charge in [0.25, 0.3) is 5.70 Å². The number of hydrogen-bond acceptors (Lipinski definition) is 4. The molecule has 0 aromatic carbocycles. The highest BCUT2D eigenvalue weighted by atomic mass is 32.2. The predicted molar refractivity (Wildman–Crippen MR) is 53.9 cm³/mol. The first-order chi connectivity index (χ1) is 5.96. The van der Waals surface area contributed by atoms with E-state index in [0.717, 1.165) is 6.54 Å². The highest BCUT2D eigenvalue weighted by molar-refractivity contribution is 8.02. The van der Waals surface area contributed by atoms with E-state index in [9.17, 15) is 10.1 Å². The average Bonchev–Trinajstić information content (AvgIpc) is 2.03. The zero-order valence-electron chi connectivity index (χ0n) is 8.09. The van der Waals surface area contributed by atoms with E-state index < -0.39 is 0 Å². The molecule has 74 valence electrons. The molecule has 4 nitrogen and oxygen atoms in total. The first kappa shape index (κ1) is 10.4. The van der Waals surface area contributed by atoms with E-state index in [1.807, 2.05) is 20.1 Å². The standard InChI is InChI=1S/C8H14N2O2S/c1-8(2)4-6(10(11)12)7(13-3)9-5-8/h9H,4-5H2,1-3H3. The smallest absolute Gasteiger partial charge is 0.276 e. The minimum atomic E-state index is -0.278. The Balaban J connectivity index is 2.93. The van der Waals surface area contributed by atoms with Crippen molar-refractivity contribution in [3.05, 3.63) is 20.8 Å². The van der Waals surface area contributed by atoms with E-state index in [0.29, 0.717) is 17.1 Å². The third kappa shape index (κ3) is 2.37. The fourth-order valence-corrected chi connectivity index (χ4v) is 1.95. The molecule has 5 heteroatoms. The summed E-state index contributed by atoms with van der Waals surface area (Å²) >= 11 is 1.41. The van der Waals surface area contributed by atoms with Crippen LogP contribution < -0.4 is 5.32 Å². The molecule has 0 atom stereocenters. The summed E-state index contributed by atoms with van der Waals surface area (Å²) < 4.78 is 0. The molecule has 0 spiro atoms. The molecule has 0 radical (unpaired) electrons. The first-order valence-electron chi connectivity index (χ1n) is 4.12. The van der Waals surface area contributed by atoms with E-state index in [1.54, 1.807) is 0 Å². The van der Waals surface area contributed by atoms with Gasteiger partial charge in [0.15, 0.2) is 0 Å². The van der Waals surface area contributed by atoms with Crippen molar-refractivity contribution in [3.8, 4) is 0 Å². The lowest BCUT2D eigenvalue weighted by Gasteiger charge is -2.29. The number of rotatable bonds is 2. The fraction of sp³-hybridized carbons (Fsp3) is 0.750. The Kier molecular flexibility index (Phi) is 2.85. The van der Waals surface area contributed by atoms with Gasteiger partial charge in [0.2, 0.25) is 0 Å². The van der Waals surface area contributed by atoms with Gasteiger partial charge in [0.1, 0.15) is 5.03 Å². The quantitative estimate of drug-likeness (QED) is 0.548. The SMILES string of the molecule is CSC1=C([N+](=O)[O-])CC(C)(C)CN1. The van der Waals surface area contributed by atoms with E-state index in [-0.39, 0.29) is 10.3 Å². The number of nitrogens with one attached hydrogen (secondary N) is 1. The van der Waals surface area contributed by atoms with Crippen molar-refractivity contribution in [2.24, 2.45) is 5.41 Å². The van der Waals surface area contributed by atoms with Gasteiger partial charge in [0, 0.05) is 13.0 Å². The molecule has 13 heavy (non-hydrogen) atoms. The molecule has 0 aliphatic carbocycles. The third-order valence-electron chi connectivity index (χ3n) is 2.06. The molecule has 0 saturated heterocycles. The molecule has 0 fully saturated rings. The zero-order valence-corrected chi connectivity index (χ0v) is 8.90. The van der Waals surface area contributed by atoms with Crippen molar-refractivity contribution in [3.63, 3.8) is 0 Å². The van der Waals surface area contributed by atoms with E-state index >= 15 is 0 Å². The van der Waals surface area contributed by atoms with Gasteiger partial charge in [-0.3, -0.25) is 10.1 Å². The molecular formula is C8H14N2O2S. The summed E-state index contributed by atoms with van der Waals surface area (Å²) in [5, 5.41) is 14.5. The number of thioether (sulfide) groups is 1. The van der Waals surface area contributed by atoms with Crippen molar-refractivity contribution in [2.45, 2.75) is 20.3 Å². The van der Waals surface area contributed by atoms with Crippen LogP contribution in [-0.2, 0) is 0 Å². The highest BCUT2D eigenvalue weighted by Crippen LogP contribution is 2.32. The number of hydrogen-bond donors (Lipinski definition) is 1. The van der Waals surface area contributed by atoms with Crippen LogP contribution in [0.1, 0.15) is 20.3 Å². The summed E-state index contributed by atoms with van der Waals surface area (Å²) in [5.41, 5.74) is 0.311. The normalized spacial score (nSPS) is 21.2. The lowest BCUT2D eigenvalue weighted by atomic mass is 9.86. The summed E-state index contributed by atoms with van der Waals surface area (Å²) in [6, 6.07) is 0. The molecule has 1 N–H and O–H groups in total. The molecule has 0 amide bonds. The third-order valence-corrected chi connectivity index (χ3v) is 2.85. The second-order valence-electron chi connectivity index (χ2n) is 3.93. The Morgan fingerprint density at radius 3 is 2.69 bits per heavy atom. The van der Waals surface area contributed by atoms with Gasteiger partial charge in [0.05, 0.1) is 4.92 Å². The molecule has 1 aliphatic rings. The maximum atomic E-state index is 10.7. The minimum absolute atomic E-state index is 0.0123. The first-order valence-corrected chi connectivity index (χ1v) is 5.34. The molecule has 0 unspecified atom stereocenters. The minimum Gasteiger partial charge on any atom is -0.374 e. The predicted octanol–water partition coefficient (Wildman–Crippen LogP) is 1.81. The van der Waals surface area contributed by atoms with Gasteiger partial charge in [-0.25, -0.2) is 0 Å². The Labute approximate surface area is 81.9 Å². The van der Waals surface area contributed by atoms with E-state index in [2.05, 4.69) is 5.32 Å². The Bertz CT molecular complexity index is 261. The molecule has 0 saturated carbocycles. The van der Waals surface area contributed by atoms with Gasteiger partial charge in [-0.05, 0) is 11.7 Å². The molecule has 0 aromatic heterocycles. The number of allylic oxidation sites excluding steroid dienone is 1. The van der Waals surface area contributed by atoms with Gasteiger partial charge >= 0.3 is 0 Å². The maximum Gasteiger partial charge on any atom is 0.276 e. The molecule has 1 rings (SSSR count). The summed E-state index contributed by atoms with van der Waals surface area (Å²) in [7, 11) is 0. The van der Waals surface area contributed by atoms with Crippen molar-refractivity contribution in [1.29, 1.82) is 0 Å². The van der Waals surface area contributed by atoms with Crippen LogP contribution in [0.2, 0.25) is 0 Å². The molecule has 0 bridgehead atoms. The van der Waals surface area contributed by atoms with Crippen LogP contribution in [0.15, 0.2) is 10.7 Å². The van der Waals surface area contributed by atoms with Crippen molar-refractivity contribution in [2.75, 3.05) is 12.8 Å². The number of nitrogens with zero attached hydrogens (tertiary/aromatic N) is 1. The zero-order chi connectivity index (χ0) is 10.1. The van der Waals surface area contributed by atoms with Crippen molar-refractivity contribution < 1.29 is 4.92 Å². The van der Waals surface area contributed by atoms with Crippen LogP contribution in [0.5, 0.6) is 0 Å². The van der Waals surface area contributed by atoms with Crippen LogP contribution in [0.25, 0.3) is 0 Å². The van der Waals surface area contributed by atoms with Gasteiger partial charge in [-0.1, -0.05) is 13.8 Å². The molecular weight excluding hydrogens is 188 g/mol. The van der Waals surface area contributed by atoms with Gasteiger partial charge < -0.3 is 5.32 Å². The van der Waals surface area contributed by atoms with Gasteiger partial charge in [-0.2, -0.15) is 0 Å². The van der Waals surface area contributed by atoms with Crippen LogP contribution in [0.3, 0.4) is 0 Å². The highest BCUT2D eigenvalue weighted by Gasteiger charge is 2.33. The lowest BCUT2D eigenvalue weighted by Crippen LogP contribution is -2.35. The monoisotopic (exact) mass is 202 g/mol. The Morgan fingerprint density at radius 2 is 2.23 bits per heavy atom. The number of nitro groups is 1. The largest absolute Gasteiger partial charge is 0.374 e. The second kappa shape index (κ2) is 3.57. The van der Waals surface area contributed by atoms with Gasteiger partial charge in [-0.15, -0.1) is 11.8 Å². The summed E-state index contributed by atoms with van der Waals surface area (Å²) in [6.45, 7) is 4.86. The van der Waals surface area contributed by atoms with Crippen molar-refractivity contribution >= 4 is 11.8 Å². The molecule has 0 aromatic rings. The van der Waals surface area contributed by atoms with Crippen molar-refractivity contribution in [1.82, 2.24) is 5.32 Å². The summed E-state index contributed by atoms with van der Waals surface area (Å²) in [4.78, 5) is 10.4. The summed E-state index contributed by atoms with van der Waals surface area (Å²) in [6.07, 6.45) is 2.40. The maximum absolute atomic E-state index is 10.7. The van der Waals surface area contributed by atoms with Crippen LogP contribution >= 0.6 is 11.8 Å². The fourth-order valence-electron chi connectivity index (χ4n) is 1.36.